The summed E-state index contributed by atoms with van der Waals surface area (Å²) >= 11 is 1.86. The average molecular weight is 800 g/mol. The number of hydrogen-bond acceptors (Lipinski definition) is 3. The van der Waals surface area contributed by atoms with Gasteiger partial charge >= 0.3 is 0 Å². The minimum absolute atomic E-state index is 0.588. The van der Waals surface area contributed by atoms with Gasteiger partial charge in [-0.2, -0.15) is 0 Å². The Balaban J connectivity index is 0.00000176. The molecule has 6 aromatic carbocycles. The highest BCUT2D eigenvalue weighted by molar-refractivity contribution is 7.27. The molecule has 2 heterocycles. The fourth-order valence-corrected chi connectivity index (χ4v) is 9.36. The van der Waals surface area contributed by atoms with Gasteiger partial charge in [0.2, 0.25) is 0 Å². The second kappa shape index (κ2) is 19.0. The van der Waals surface area contributed by atoms with Crippen molar-refractivity contribution in [2.45, 2.75) is 47.5 Å². The predicted molar refractivity (Wildman–Crippen MR) is 268 cm³/mol. The van der Waals surface area contributed by atoms with Gasteiger partial charge in [-0.3, -0.25) is 9.56 Å². The monoisotopic (exact) mass is 799 g/mol. The Hall–Kier alpha value is -6.62. The second-order valence-corrected chi connectivity index (χ2v) is 16.0. The first-order valence-corrected chi connectivity index (χ1v) is 21.6. The van der Waals surface area contributed by atoms with Crippen LogP contribution in [-0.2, 0) is 0 Å². The van der Waals surface area contributed by atoms with E-state index in [4.69, 9.17) is 9.98 Å². The van der Waals surface area contributed by atoms with Crippen molar-refractivity contribution in [3.8, 4) is 11.1 Å². The Morgan fingerprint density at radius 3 is 2.12 bits per heavy atom. The summed E-state index contributed by atoms with van der Waals surface area (Å²) in [5.74, 6) is 0.764. The summed E-state index contributed by atoms with van der Waals surface area (Å²) < 4.78 is 4.87. The molecule has 4 heteroatoms. The molecule has 0 spiro atoms. The van der Waals surface area contributed by atoms with Gasteiger partial charge in [-0.1, -0.05) is 152 Å². The van der Waals surface area contributed by atoms with E-state index < -0.39 is 0 Å². The number of rotatable bonds is 11. The molecule has 0 radical (unpaired) electrons. The van der Waals surface area contributed by atoms with Crippen LogP contribution in [-0.4, -0.2) is 22.7 Å². The van der Waals surface area contributed by atoms with Crippen LogP contribution in [0.25, 0.3) is 70.0 Å². The summed E-state index contributed by atoms with van der Waals surface area (Å²) in [5.41, 5.74) is 10.6. The normalized spacial score (nSPS) is 12.2. The average Bonchev–Trinajstić information content (AvgIpc) is 3.82. The molecule has 0 aliphatic carbocycles. The zero-order valence-corrected chi connectivity index (χ0v) is 36.3. The summed E-state index contributed by atoms with van der Waals surface area (Å²) in [7, 11) is 0. The first kappa shape index (κ1) is 41.5. The van der Waals surface area contributed by atoms with Crippen molar-refractivity contribution >= 4 is 81.7 Å². The molecule has 60 heavy (non-hydrogen) atoms. The summed E-state index contributed by atoms with van der Waals surface area (Å²) in [6, 6.07) is 43.8. The predicted octanol–water partition coefficient (Wildman–Crippen LogP) is 16.3. The smallest absolute Gasteiger partial charge is 0.164 e. The Kier molecular flexibility index (Phi) is 13.1. The first-order valence-electron chi connectivity index (χ1n) is 20.8. The molecule has 0 N–H and O–H groups in total. The van der Waals surface area contributed by atoms with Crippen molar-refractivity contribution in [3.63, 3.8) is 0 Å². The maximum Gasteiger partial charge on any atom is 0.164 e. The Morgan fingerprint density at radius 1 is 0.733 bits per heavy atom. The summed E-state index contributed by atoms with van der Waals surface area (Å²) in [4.78, 5) is 11.0. The van der Waals surface area contributed by atoms with Crippen molar-refractivity contribution in [3.05, 3.63) is 199 Å². The van der Waals surface area contributed by atoms with Crippen LogP contribution in [0, 0.1) is 0 Å². The standard InChI is InChI=1S/C53H47N3S.C3H6/c1-7-10-13-21-37-31-32-45-47(33-37)57-52-49(45)43-28-17-16-27-42(43)48-44-29-18-19-30-46(44)56(51(48)52)53(55-36(6)41(35(4)5)26-11-8-2)50(54-9-3)40-25-20-24-39(34-40)38-22-14-12-15-23-38;1-3-2/h7-8,10,12-25,27-34H,2,6,9,11,26H2,1,3-5H3;3H,1H2,2H3/b10-7-,21-13-,54-50?,55-53?;. The van der Waals surface area contributed by atoms with Crippen LogP contribution in [0.1, 0.15) is 58.6 Å². The van der Waals surface area contributed by atoms with Gasteiger partial charge < -0.3 is 0 Å². The van der Waals surface area contributed by atoms with E-state index in [9.17, 15) is 0 Å². The number of aliphatic imine (C=N–C) groups is 2. The van der Waals surface area contributed by atoms with E-state index in [2.05, 4.69) is 191 Å². The molecule has 2 aromatic heterocycles. The van der Waals surface area contributed by atoms with Gasteiger partial charge in [-0.25, -0.2) is 4.99 Å². The van der Waals surface area contributed by atoms with Crippen molar-refractivity contribution in [1.82, 2.24) is 4.57 Å². The zero-order valence-electron chi connectivity index (χ0n) is 35.5. The number of hydrogen-bond donors (Lipinski definition) is 0. The second-order valence-electron chi connectivity index (χ2n) is 14.9. The van der Waals surface area contributed by atoms with Crippen LogP contribution >= 0.6 is 11.3 Å². The van der Waals surface area contributed by atoms with E-state index in [-0.39, 0.29) is 0 Å². The molecule has 0 aliphatic heterocycles. The van der Waals surface area contributed by atoms with Gasteiger partial charge in [0.15, 0.2) is 5.84 Å². The van der Waals surface area contributed by atoms with E-state index in [1.807, 2.05) is 31.3 Å². The number of nitrogens with zero attached hydrogens (tertiary/aromatic N) is 3. The summed E-state index contributed by atoms with van der Waals surface area (Å²) in [5, 5.41) is 7.39. The van der Waals surface area contributed by atoms with Crippen LogP contribution in [0.3, 0.4) is 0 Å². The third kappa shape index (κ3) is 8.16. The van der Waals surface area contributed by atoms with Crippen molar-refractivity contribution in [2.24, 2.45) is 9.98 Å². The van der Waals surface area contributed by atoms with E-state index in [0.717, 1.165) is 63.4 Å². The molecule has 0 fully saturated rings. The first-order chi connectivity index (χ1) is 29.3. The number of benzene rings is 6. The summed E-state index contributed by atoms with van der Waals surface area (Å²) in [6.45, 7) is 23.0. The maximum atomic E-state index is 5.64. The lowest BCUT2D eigenvalue weighted by atomic mass is 9.98. The van der Waals surface area contributed by atoms with Crippen molar-refractivity contribution < 1.29 is 0 Å². The van der Waals surface area contributed by atoms with Gasteiger partial charge in [-0.05, 0) is 98.7 Å². The minimum atomic E-state index is 0.588. The lowest BCUT2D eigenvalue weighted by Gasteiger charge is -2.18. The largest absolute Gasteiger partial charge is 0.290 e. The molecule has 8 rings (SSSR count). The van der Waals surface area contributed by atoms with Gasteiger partial charge in [-0.15, -0.1) is 24.5 Å². The van der Waals surface area contributed by atoms with Gasteiger partial charge in [0.25, 0.3) is 0 Å². The molecule has 0 bridgehead atoms. The lowest BCUT2D eigenvalue weighted by molar-refractivity contribution is 0.957. The van der Waals surface area contributed by atoms with Crippen molar-refractivity contribution in [1.29, 1.82) is 0 Å². The Bertz CT molecular complexity index is 3050. The molecule has 0 unspecified atom stereocenters. The summed E-state index contributed by atoms with van der Waals surface area (Å²) in [6.07, 6.45) is 13.8. The van der Waals surface area contributed by atoms with Crippen molar-refractivity contribution in [2.75, 3.05) is 6.54 Å². The highest BCUT2D eigenvalue weighted by Gasteiger charge is 2.26. The third-order valence-corrected chi connectivity index (χ3v) is 11.8. The molecule has 298 valence electrons. The van der Waals surface area contributed by atoms with Gasteiger partial charge in [0.1, 0.15) is 5.71 Å². The molecular weight excluding hydrogens is 747 g/mol. The number of thiophene rings is 1. The molecule has 8 aromatic rings. The minimum Gasteiger partial charge on any atom is -0.290 e. The quantitative estimate of drug-likeness (QED) is 0.0540. The molecule has 3 nitrogen and oxygen atoms in total. The topological polar surface area (TPSA) is 29.6 Å². The molecule has 0 saturated carbocycles. The lowest BCUT2D eigenvalue weighted by Crippen LogP contribution is -2.25. The van der Waals surface area contributed by atoms with Gasteiger partial charge in [0.05, 0.1) is 21.4 Å². The number of aromatic nitrogens is 1. The van der Waals surface area contributed by atoms with E-state index >= 15 is 0 Å². The number of fused-ring (bicyclic) bond motifs is 10. The molecule has 0 atom stereocenters. The molecule has 0 aliphatic rings. The fraction of sp³-hybridized carbons (Fsp3) is 0.143. The highest BCUT2D eigenvalue weighted by atomic mass is 32.1. The number of allylic oxidation sites excluding steroid dienone is 7. The van der Waals surface area contributed by atoms with Crippen LogP contribution < -0.4 is 0 Å². The maximum absolute atomic E-state index is 5.64. The highest BCUT2D eigenvalue weighted by Crippen LogP contribution is 2.47. The Labute approximate surface area is 359 Å². The van der Waals surface area contributed by atoms with Gasteiger partial charge in [0, 0.05) is 38.4 Å². The van der Waals surface area contributed by atoms with E-state index in [0.29, 0.717) is 6.54 Å². The van der Waals surface area contributed by atoms with Crippen LogP contribution in [0.15, 0.2) is 198 Å². The molecular formula is C56H53N3S. The van der Waals surface area contributed by atoms with Crippen LogP contribution in [0.2, 0.25) is 0 Å². The molecule has 0 amide bonds. The van der Waals surface area contributed by atoms with E-state index in [1.165, 1.54) is 52.9 Å². The molecule has 0 saturated heterocycles. The zero-order chi connectivity index (χ0) is 42.2. The number of para-hydroxylation sites is 1. The fourth-order valence-electron chi connectivity index (χ4n) is 8.05. The Morgan fingerprint density at radius 2 is 1.42 bits per heavy atom. The third-order valence-electron chi connectivity index (χ3n) is 10.6. The van der Waals surface area contributed by atoms with E-state index in [1.54, 1.807) is 6.08 Å². The SMILES string of the molecule is C=CC.C=CCCC(C(=C)N=C(C(=NCC)c1cccc(-c2ccccc2)c1)n1c2ccccc2c2c3ccccc3c3c4ccc(/C=C\C=C/C)cc4sc3c21)=C(C)C. The van der Waals surface area contributed by atoms with Crippen LogP contribution in [0.4, 0.5) is 0 Å². The van der Waals surface area contributed by atoms with Crippen LogP contribution in [0.5, 0.6) is 0 Å².